The lowest BCUT2D eigenvalue weighted by molar-refractivity contribution is -0.0439. The van der Waals surface area contributed by atoms with E-state index in [9.17, 15) is 13.6 Å². The Morgan fingerprint density at radius 3 is 2.26 bits per heavy atom. The summed E-state index contributed by atoms with van der Waals surface area (Å²) in [6.07, 6.45) is 0. The molecule has 0 aromatic heterocycles. The van der Waals surface area contributed by atoms with Crippen LogP contribution in [0.5, 0.6) is 17.2 Å². The molecule has 7 nitrogen and oxygen atoms in total. The van der Waals surface area contributed by atoms with Gasteiger partial charge in [-0.1, -0.05) is 12.1 Å². The average Bonchev–Trinajstić information content (AvgIpc) is 3.40. The molecule has 3 aromatic rings. The number of nitrogens with zero attached hydrogens (tertiary/aromatic N) is 1. The molecule has 0 aliphatic carbocycles. The number of fused-ring (bicyclic) bond motifs is 1. The Hall–Kier alpha value is -4.27. The number of halogens is 2. The summed E-state index contributed by atoms with van der Waals surface area (Å²) < 4.78 is 44.0. The summed E-state index contributed by atoms with van der Waals surface area (Å²) >= 11 is 0. The molecule has 0 spiro atoms. The second-order valence-corrected chi connectivity index (χ2v) is 8.61. The van der Waals surface area contributed by atoms with Gasteiger partial charge in [-0.3, -0.25) is 5.43 Å². The van der Waals surface area contributed by atoms with Crippen LogP contribution in [0.2, 0.25) is 0 Å². The second-order valence-electron chi connectivity index (χ2n) is 8.61. The molecule has 0 saturated heterocycles. The zero-order chi connectivity index (χ0) is 24.7. The molecule has 0 saturated carbocycles. The summed E-state index contributed by atoms with van der Waals surface area (Å²) in [6, 6.07) is 14.8. The molecular weight excluding hydrogens is 456 g/mol. The van der Waals surface area contributed by atoms with Crippen molar-refractivity contribution in [2.45, 2.75) is 19.6 Å². The summed E-state index contributed by atoms with van der Waals surface area (Å²) in [4.78, 5) is 13.2. The molecule has 35 heavy (non-hydrogen) atoms. The van der Waals surface area contributed by atoms with Crippen LogP contribution in [0.3, 0.4) is 0 Å². The number of benzene rings is 3. The molecule has 0 unspecified atom stereocenters. The van der Waals surface area contributed by atoms with Crippen molar-refractivity contribution in [3.05, 3.63) is 83.4 Å². The van der Waals surface area contributed by atoms with Gasteiger partial charge in [0.25, 0.3) is 0 Å². The Balaban J connectivity index is 1.41. The molecule has 3 aromatic carbocycles. The fourth-order valence-corrected chi connectivity index (χ4v) is 4.04. The highest BCUT2D eigenvalue weighted by Gasteiger charge is 2.35. The van der Waals surface area contributed by atoms with E-state index in [2.05, 4.69) is 10.7 Å². The smallest absolute Gasteiger partial charge is 0.340 e. The third kappa shape index (κ3) is 4.44. The van der Waals surface area contributed by atoms with Crippen LogP contribution in [-0.2, 0) is 0 Å². The fraction of sp³-hybridized carbons (Fsp3) is 0.192. The van der Waals surface area contributed by atoms with Crippen molar-refractivity contribution in [2.24, 2.45) is 0 Å². The van der Waals surface area contributed by atoms with Gasteiger partial charge in [-0.05, 0) is 47.5 Å². The number of nitrogens with one attached hydrogen (secondary N) is 2. The minimum Gasteiger partial charge on any atom is -0.493 e. The van der Waals surface area contributed by atoms with Gasteiger partial charge >= 0.3 is 6.03 Å². The van der Waals surface area contributed by atoms with Crippen molar-refractivity contribution in [2.75, 3.05) is 19.0 Å². The molecular formula is C26H23F2N3O4. The van der Waals surface area contributed by atoms with Gasteiger partial charge in [0.2, 0.25) is 11.5 Å². The summed E-state index contributed by atoms with van der Waals surface area (Å²) in [5, 5.41) is 4.23. The maximum atomic E-state index is 13.5. The van der Waals surface area contributed by atoms with Gasteiger partial charge in [0.15, 0.2) is 11.5 Å². The van der Waals surface area contributed by atoms with Crippen LogP contribution in [0.15, 0.2) is 60.7 Å². The Labute approximate surface area is 200 Å². The van der Waals surface area contributed by atoms with E-state index < -0.39 is 11.8 Å². The average molecular weight is 479 g/mol. The van der Waals surface area contributed by atoms with Gasteiger partial charge in [0.1, 0.15) is 11.6 Å². The summed E-state index contributed by atoms with van der Waals surface area (Å²) in [6.45, 7) is 3.75. The van der Waals surface area contributed by atoms with Crippen LogP contribution < -0.4 is 25.0 Å². The first-order valence-electron chi connectivity index (χ1n) is 10.9. The Morgan fingerprint density at radius 2 is 1.63 bits per heavy atom. The Bertz CT molecular complexity index is 1260. The predicted octanol–water partition coefficient (Wildman–Crippen LogP) is 5.40. The summed E-state index contributed by atoms with van der Waals surface area (Å²) in [5.41, 5.74) is 6.36. The summed E-state index contributed by atoms with van der Waals surface area (Å²) in [7, 11) is 1.51. The molecule has 2 heterocycles. The van der Waals surface area contributed by atoms with Crippen LogP contribution >= 0.6 is 0 Å². The zero-order valence-electron chi connectivity index (χ0n) is 19.3. The highest BCUT2D eigenvalue weighted by Crippen LogP contribution is 2.47. The molecule has 180 valence electrons. The van der Waals surface area contributed by atoms with Crippen LogP contribution in [0.25, 0.3) is 11.3 Å². The highest BCUT2D eigenvalue weighted by molar-refractivity contribution is 5.98. The number of carbonyl (C=O) groups excluding carboxylic acids is 1. The number of rotatable bonds is 4. The molecule has 0 atom stereocenters. The maximum Gasteiger partial charge on any atom is 0.340 e. The zero-order valence-corrected chi connectivity index (χ0v) is 19.3. The van der Waals surface area contributed by atoms with E-state index >= 15 is 0 Å². The third-order valence-electron chi connectivity index (χ3n) is 5.63. The minimum atomic E-state index is -0.854. The van der Waals surface area contributed by atoms with E-state index in [4.69, 9.17) is 14.2 Å². The van der Waals surface area contributed by atoms with Gasteiger partial charge in [0.05, 0.1) is 25.0 Å². The fourth-order valence-electron chi connectivity index (χ4n) is 4.04. The van der Waals surface area contributed by atoms with Crippen LogP contribution in [0.1, 0.15) is 25.0 Å². The molecule has 2 aliphatic heterocycles. The number of methoxy groups -OCH3 is 1. The Kier molecular flexibility index (Phi) is 5.47. The van der Waals surface area contributed by atoms with E-state index in [0.29, 0.717) is 34.2 Å². The molecule has 5 rings (SSSR count). The number of hydrazine groups is 1. The van der Waals surface area contributed by atoms with Crippen molar-refractivity contribution in [3.8, 4) is 17.2 Å². The number of amides is 2. The number of carbonyl (C=O) groups is 1. The SMILES string of the molecule is COc1cc(NC(=O)N2CC(c3ccc(F)cc3)=C(c3ccc(F)cc3)N2)cc2c1OC(C)(C)O2. The first kappa shape index (κ1) is 22.5. The van der Waals surface area contributed by atoms with E-state index in [1.54, 1.807) is 50.2 Å². The monoisotopic (exact) mass is 479 g/mol. The lowest BCUT2D eigenvalue weighted by atomic mass is 10.0. The second kappa shape index (κ2) is 8.50. The number of urea groups is 1. The van der Waals surface area contributed by atoms with Gasteiger partial charge in [-0.15, -0.1) is 0 Å². The van der Waals surface area contributed by atoms with Crippen molar-refractivity contribution in [3.63, 3.8) is 0 Å². The van der Waals surface area contributed by atoms with Crippen molar-refractivity contribution >= 4 is 23.0 Å². The molecule has 2 N–H and O–H groups in total. The Morgan fingerprint density at radius 1 is 1.00 bits per heavy atom. The first-order valence-corrected chi connectivity index (χ1v) is 10.9. The number of ether oxygens (including phenoxy) is 3. The van der Waals surface area contributed by atoms with Crippen molar-refractivity contribution in [1.82, 2.24) is 10.4 Å². The third-order valence-corrected chi connectivity index (χ3v) is 5.63. The van der Waals surface area contributed by atoms with Crippen LogP contribution in [0, 0.1) is 11.6 Å². The first-order chi connectivity index (χ1) is 16.7. The van der Waals surface area contributed by atoms with E-state index in [0.717, 1.165) is 11.1 Å². The number of hydrogen-bond donors (Lipinski definition) is 2. The van der Waals surface area contributed by atoms with Gasteiger partial charge in [0, 0.05) is 31.6 Å². The minimum absolute atomic E-state index is 0.193. The molecule has 0 radical (unpaired) electrons. The van der Waals surface area contributed by atoms with E-state index in [1.165, 1.54) is 36.4 Å². The van der Waals surface area contributed by atoms with Gasteiger partial charge < -0.3 is 19.5 Å². The highest BCUT2D eigenvalue weighted by atomic mass is 19.1. The predicted molar refractivity (Wildman–Crippen MR) is 127 cm³/mol. The van der Waals surface area contributed by atoms with Crippen LogP contribution in [-0.4, -0.2) is 30.5 Å². The summed E-state index contributed by atoms with van der Waals surface area (Å²) in [5.74, 6) is -0.240. The molecule has 0 bridgehead atoms. The normalized spacial score (nSPS) is 15.7. The lowest BCUT2D eigenvalue weighted by Crippen LogP contribution is -2.40. The largest absolute Gasteiger partial charge is 0.493 e. The van der Waals surface area contributed by atoms with Crippen molar-refractivity contribution < 1.29 is 27.8 Å². The van der Waals surface area contributed by atoms with E-state index in [-0.39, 0.29) is 18.2 Å². The quantitative estimate of drug-likeness (QED) is 0.524. The van der Waals surface area contributed by atoms with Crippen molar-refractivity contribution in [1.29, 1.82) is 0 Å². The topological polar surface area (TPSA) is 72.1 Å². The van der Waals surface area contributed by atoms with Gasteiger partial charge in [-0.25, -0.2) is 18.6 Å². The molecule has 0 fully saturated rings. The molecule has 2 aliphatic rings. The van der Waals surface area contributed by atoms with Crippen LogP contribution in [0.4, 0.5) is 19.3 Å². The molecule has 2 amide bonds. The van der Waals surface area contributed by atoms with Gasteiger partial charge in [-0.2, -0.15) is 0 Å². The van der Waals surface area contributed by atoms with E-state index in [1.807, 2.05) is 0 Å². The molecule has 9 heteroatoms. The maximum absolute atomic E-state index is 13.5. The number of hydrogen-bond acceptors (Lipinski definition) is 5. The number of anilines is 1. The lowest BCUT2D eigenvalue weighted by Gasteiger charge is -2.19. The standard InChI is InChI=1S/C26H23F2N3O4/c1-26(2)34-22-13-19(12-21(33-3)24(22)35-26)29-25(32)31-14-20(15-4-8-17(27)9-5-15)23(30-31)16-6-10-18(28)11-7-16/h4-13,30H,14H2,1-3H3,(H,29,32).